The predicted molar refractivity (Wildman–Crippen MR) is 116 cm³/mol. The van der Waals surface area contributed by atoms with Gasteiger partial charge in [0.05, 0.1) is 17.8 Å². The number of para-hydroxylation sites is 3. The fraction of sp³-hybridized carbons (Fsp3) is 0.304. The lowest BCUT2D eigenvalue weighted by atomic mass is 9.82. The van der Waals surface area contributed by atoms with Gasteiger partial charge in [0.25, 0.3) is 0 Å². The summed E-state index contributed by atoms with van der Waals surface area (Å²) in [4.78, 5) is 12.8. The largest absolute Gasteiger partial charge is 0.383 e. The number of nitrogens with zero attached hydrogens (tertiary/aromatic N) is 3. The number of hydrogen-bond acceptors (Lipinski definition) is 4. The van der Waals surface area contributed by atoms with Gasteiger partial charge < -0.3 is 4.18 Å². The van der Waals surface area contributed by atoms with E-state index in [1.807, 2.05) is 28.6 Å². The molecule has 2 aliphatic rings. The number of Topliss-reactive ketones (excluding diaryl/α,β-unsaturated/α-hetero) is 1. The van der Waals surface area contributed by atoms with Crippen molar-refractivity contribution in [1.29, 1.82) is 0 Å². The quantitative estimate of drug-likeness (QED) is 0.599. The molecule has 1 aliphatic heterocycles. The number of anilines is 1. The van der Waals surface area contributed by atoms with Crippen molar-refractivity contribution < 1.29 is 17.6 Å². The summed E-state index contributed by atoms with van der Waals surface area (Å²) in [7, 11) is 0. The molecule has 5 rings (SSSR count). The number of hydrogen-bond donors (Lipinski definition) is 0. The second-order valence-electron chi connectivity index (χ2n) is 7.95. The van der Waals surface area contributed by atoms with Crippen molar-refractivity contribution in [3.8, 4) is 11.4 Å². The van der Waals surface area contributed by atoms with Crippen molar-refractivity contribution in [2.24, 2.45) is 5.92 Å². The first-order valence-electron chi connectivity index (χ1n) is 10.4. The zero-order valence-electron chi connectivity index (χ0n) is 16.8. The second kappa shape index (κ2) is 8.26. The van der Waals surface area contributed by atoms with Crippen LogP contribution in [0.15, 0.2) is 60.8 Å². The number of carbonyl (C=O) groups excluding carboxylic acids is 1. The number of aromatic nitrogens is 2. The van der Waals surface area contributed by atoms with Gasteiger partial charge in [0.15, 0.2) is 5.75 Å². The van der Waals surface area contributed by atoms with Crippen LogP contribution in [-0.4, -0.2) is 25.8 Å². The molecule has 0 spiro atoms. The Morgan fingerprint density at radius 2 is 1.74 bits per heavy atom. The number of carbonyl (C=O) groups is 1. The lowest BCUT2D eigenvalue weighted by Gasteiger charge is -2.32. The lowest BCUT2D eigenvalue weighted by molar-refractivity contribution is -0.123. The Balaban J connectivity index is 1.21. The van der Waals surface area contributed by atoms with Crippen LogP contribution in [0.2, 0.25) is 0 Å². The van der Waals surface area contributed by atoms with Crippen molar-refractivity contribution in [3.63, 3.8) is 0 Å². The van der Waals surface area contributed by atoms with E-state index in [1.165, 1.54) is 10.7 Å². The van der Waals surface area contributed by atoms with Crippen molar-refractivity contribution in [3.05, 3.63) is 72.3 Å². The molecule has 0 saturated heterocycles. The van der Waals surface area contributed by atoms with E-state index < -0.39 is 11.3 Å². The third kappa shape index (κ3) is 3.87. The van der Waals surface area contributed by atoms with Gasteiger partial charge in [-0.2, -0.15) is 9.31 Å². The highest BCUT2D eigenvalue weighted by Gasteiger charge is 2.37. The molecule has 8 heteroatoms. The number of fused-ring (bicyclic) bond motifs is 1. The standard InChI is InChI=1S/C23H22FN3O3S/c24-19-5-1-2-6-20(19)26-14-13-17(25-26)15-22(28)16-9-11-18(12-10-16)27-21-7-3-4-8-23(21)30-31(27)29/h1-8,13-14,16,18H,9-12,15H2. The molecule has 1 fully saturated rings. The zero-order chi connectivity index (χ0) is 21.4. The molecule has 0 N–H and O–H groups in total. The van der Waals surface area contributed by atoms with E-state index >= 15 is 0 Å². The minimum absolute atomic E-state index is 0.0398. The SMILES string of the molecule is O=C(Cc1ccn(-c2ccccc2F)n1)C1CCC(N2c3ccccc3OS2=O)CC1. The molecule has 1 atom stereocenters. The van der Waals surface area contributed by atoms with Crippen LogP contribution in [0.5, 0.6) is 5.75 Å². The molecule has 1 aromatic heterocycles. The van der Waals surface area contributed by atoms with Crippen LogP contribution >= 0.6 is 0 Å². The van der Waals surface area contributed by atoms with Gasteiger partial charge in [-0.3, -0.25) is 9.10 Å². The molecular weight excluding hydrogens is 417 g/mol. The number of halogens is 1. The Morgan fingerprint density at radius 1 is 1.03 bits per heavy atom. The van der Waals surface area contributed by atoms with Gasteiger partial charge >= 0.3 is 11.3 Å². The first kappa shape index (κ1) is 19.9. The Morgan fingerprint density at radius 3 is 2.52 bits per heavy atom. The van der Waals surface area contributed by atoms with Crippen LogP contribution in [0.3, 0.4) is 0 Å². The highest BCUT2D eigenvalue weighted by Crippen LogP contribution is 2.41. The molecule has 31 heavy (non-hydrogen) atoms. The van der Waals surface area contributed by atoms with Gasteiger partial charge in [-0.25, -0.2) is 9.07 Å². The minimum Gasteiger partial charge on any atom is -0.383 e. The summed E-state index contributed by atoms with van der Waals surface area (Å²) < 4.78 is 35.2. The summed E-state index contributed by atoms with van der Waals surface area (Å²) in [6.45, 7) is 0. The Hall–Kier alpha value is -3.00. The molecule has 1 unspecified atom stereocenters. The molecule has 1 aliphatic carbocycles. The number of rotatable bonds is 5. The molecule has 0 bridgehead atoms. The summed E-state index contributed by atoms with van der Waals surface area (Å²) in [5.74, 6) is 0.398. The van der Waals surface area contributed by atoms with E-state index in [2.05, 4.69) is 5.10 Å². The van der Waals surface area contributed by atoms with E-state index in [0.717, 1.165) is 31.4 Å². The van der Waals surface area contributed by atoms with Crippen LogP contribution in [-0.2, 0) is 22.5 Å². The first-order chi connectivity index (χ1) is 15.1. The molecule has 6 nitrogen and oxygen atoms in total. The van der Waals surface area contributed by atoms with Crippen LogP contribution in [0.25, 0.3) is 5.69 Å². The first-order valence-corrected chi connectivity index (χ1v) is 11.4. The topological polar surface area (TPSA) is 64.4 Å². The van der Waals surface area contributed by atoms with Crippen molar-refractivity contribution >= 4 is 22.7 Å². The van der Waals surface area contributed by atoms with Gasteiger partial charge in [0, 0.05) is 18.2 Å². The van der Waals surface area contributed by atoms with Crippen LogP contribution < -0.4 is 8.49 Å². The summed E-state index contributed by atoms with van der Waals surface area (Å²) in [6.07, 6.45) is 4.96. The lowest BCUT2D eigenvalue weighted by Crippen LogP contribution is -2.39. The van der Waals surface area contributed by atoms with E-state index in [4.69, 9.17) is 4.18 Å². The van der Waals surface area contributed by atoms with Gasteiger partial charge in [-0.15, -0.1) is 0 Å². The molecule has 1 saturated carbocycles. The summed E-state index contributed by atoms with van der Waals surface area (Å²) >= 11 is -1.52. The van der Waals surface area contributed by atoms with Gasteiger partial charge in [0.1, 0.15) is 17.3 Å². The molecule has 2 aromatic carbocycles. The summed E-state index contributed by atoms with van der Waals surface area (Å²) in [5, 5.41) is 4.38. The smallest absolute Gasteiger partial charge is 0.319 e. The highest BCUT2D eigenvalue weighted by molar-refractivity contribution is 7.82. The van der Waals surface area contributed by atoms with Crippen molar-refractivity contribution in [1.82, 2.24) is 9.78 Å². The minimum atomic E-state index is -1.52. The third-order valence-electron chi connectivity index (χ3n) is 6.01. The van der Waals surface area contributed by atoms with Crippen LogP contribution in [0, 0.1) is 11.7 Å². The van der Waals surface area contributed by atoms with Crippen molar-refractivity contribution in [2.75, 3.05) is 4.31 Å². The molecule has 2 heterocycles. The average Bonchev–Trinajstić information content (AvgIpc) is 3.37. The van der Waals surface area contributed by atoms with E-state index in [-0.39, 0.29) is 30.0 Å². The molecule has 3 aromatic rings. The van der Waals surface area contributed by atoms with Crippen LogP contribution in [0.4, 0.5) is 10.1 Å². The second-order valence-corrected chi connectivity index (χ2v) is 8.94. The molecule has 160 valence electrons. The maximum absolute atomic E-state index is 14.0. The third-order valence-corrected chi connectivity index (χ3v) is 7.15. The summed E-state index contributed by atoms with van der Waals surface area (Å²) in [6, 6.07) is 15.8. The molecule has 0 radical (unpaired) electrons. The molecule has 0 amide bonds. The monoisotopic (exact) mass is 439 g/mol. The Kier molecular flexibility index (Phi) is 5.31. The number of benzene rings is 2. The normalized spacial score (nSPS) is 22.7. The van der Waals surface area contributed by atoms with Crippen LogP contribution in [0.1, 0.15) is 31.4 Å². The fourth-order valence-electron chi connectivity index (χ4n) is 4.41. The van der Waals surface area contributed by atoms with Gasteiger partial charge in [-0.05, 0) is 56.0 Å². The summed E-state index contributed by atoms with van der Waals surface area (Å²) in [5.41, 5.74) is 1.86. The van der Waals surface area contributed by atoms with E-state index in [9.17, 15) is 13.4 Å². The fourth-order valence-corrected chi connectivity index (χ4v) is 5.55. The maximum Gasteiger partial charge on any atom is 0.319 e. The van der Waals surface area contributed by atoms with Gasteiger partial charge in [-0.1, -0.05) is 24.3 Å². The van der Waals surface area contributed by atoms with Gasteiger partial charge in [0.2, 0.25) is 0 Å². The number of ketones is 1. The molecular formula is C23H22FN3O3S. The zero-order valence-corrected chi connectivity index (χ0v) is 17.6. The average molecular weight is 440 g/mol. The van der Waals surface area contributed by atoms with Crippen molar-refractivity contribution in [2.45, 2.75) is 38.1 Å². The Bertz CT molecular complexity index is 1140. The highest BCUT2D eigenvalue weighted by atomic mass is 32.2. The maximum atomic E-state index is 14.0. The van der Waals surface area contributed by atoms with E-state index in [1.54, 1.807) is 30.5 Å². The Labute approximate surface area is 182 Å². The van der Waals surface area contributed by atoms with E-state index in [0.29, 0.717) is 17.1 Å². The predicted octanol–water partition coefficient (Wildman–Crippen LogP) is 4.16.